The van der Waals surface area contributed by atoms with Crippen LogP contribution in [0.3, 0.4) is 0 Å². The number of fused-ring (bicyclic) bond motifs is 7. The second kappa shape index (κ2) is 17.3. The topological polar surface area (TPSA) is 98.7 Å². The van der Waals surface area contributed by atoms with Crippen molar-refractivity contribution in [3.8, 4) is 40.2 Å². The molecule has 4 atom stereocenters. The minimum absolute atomic E-state index is 0.0212. The number of hydrogen-bond acceptors (Lipinski definition) is 10. The molecule has 352 valence electrons. The number of ether oxygens (including phenoxy) is 5. The summed E-state index contributed by atoms with van der Waals surface area (Å²) in [6, 6.07) is 7.75. The summed E-state index contributed by atoms with van der Waals surface area (Å²) in [6.45, 7) is 26.0. The van der Waals surface area contributed by atoms with E-state index in [0.717, 1.165) is 45.2 Å². The first kappa shape index (κ1) is 46.2. The Hall–Kier alpha value is -4.97. The molecule has 4 fully saturated rings. The molecule has 0 aliphatic carbocycles. The molecule has 1 amide bonds. The van der Waals surface area contributed by atoms with E-state index in [2.05, 4.69) is 69.4 Å². The number of carbonyl (C=O) groups is 1. The van der Waals surface area contributed by atoms with Crippen LogP contribution in [0.25, 0.3) is 32.9 Å². The highest BCUT2D eigenvalue weighted by atomic mass is 28.3. The Bertz CT molecular complexity index is 2640. The van der Waals surface area contributed by atoms with Gasteiger partial charge in [0.25, 0.3) is 0 Å². The number of rotatable bonds is 10. The maximum absolute atomic E-state index is 18.2. The normalized spacial score (nSPS) is 22.8. The van der Waals surface area contributed by atoms with Gasteiger partial charge in [-0.05, 0) is 99.6 Å². The van der Waals surface area contributed by atoms with Crippen molar-refractivity contribution in [1.29, 1.82) is 0 Å². The number of hydrogen-bond donors (Lipinski definition) is 0. The third-order valence-electron chi connectivity index (χ3n) is 15.1. The van der Waals surface area contributed by atoms with E-state index in [-0.39, 0.29) is 77.3 Å². The minimum Gasteiger partial charge on any atom is -0.476 e. The molecule has 9 rings (SSSR count). The average Bonchev–Trinajstić information content (AvgIpc) is 3.86. The van der Waals surface area contributed by atoms with Crippen molar-refractivity contribution in [1.82, 2.24) is 19.8 Å². The zero-order valence-electron chi connectivity index (χ0n) is 40.3. The lowest BCUT2D eigenvalue weighted by Crippen LogP contribution is -2.63. The molecule has 0 N–H and O–H groups in total. The Morgan fingerprint density at radius 3 is 2.48 bits per heavy atom. The van der Waals surface area contributed by atoms with Gasteiger partial charge in [-0.2, -0.15) is 0 Å². The molecule has 0 spiro atoms. The summed E-state index contributed by atoms with van der Waals surface area (Å²) in [5.74, 6) is 2.99. The fourth-order valence-electron chi connectivity index (χ4n) is 12.3. The van der Waals surface area contributed by atoms with Crippen molar-refractivity contribution in [3.63, 3.8) is 0 Å². The van der Waals surface area contributed by atoms with Crippen molar-refractivity contribution in [2.24, 2.45) is 0 Å². The molecule has 2 aromatic carbocycles. The monoisotopic (exact) mass is 921 g/mol. The van der Waals surface area contributed by atoms with E-state index in [1.165, 1.54) is 18.7 Å². The first-order valence-electron chi connectivity index (χ1n) is 23.8. The molecule has 4 aromatic rings. The molecule has 2 bridgehead atoms. The Balaban J connectivity index is 1.25. The smallest absolute Gasteiger partial charge is 0.410 e. The SMILES string of the molecule is C=C1CN2CCC[C@@]2(COc2cc3c4c(nc(-c5cc(OCOC)cc6ccc(F)c(C#C[Si](C(C)C)(C(C)C)C(C)C)c56)c(F)c4n2)OC[C@@H]2[C@@H]4CC[C@H](CN32)N4C(=O)OC(C)(C)C)C1. The molecule has 11 nitrogen and oxygen atoms in total. The number of piperazine rings is 1. The highest BCUT2D eigenvalue weighted by molar-refractivity contribution is 6.90. The molecule has 0 unspecified atom stereocenters. The number of methoxy groups -OCH3 is 1. The summed E-state index contributed by atoms with van der Waals surface area (Å²) in [4.78, 5) is 30.4. The van der Waals surface area contributed by atoms with Crippen LogP contribution in [0.2, 0.25) is 16.6 Å². The lowest BCUT2D eigenvalue weighted by molar-refractivity contribution is 0.00545. The van der Waals surface area contributed by atoms with Crippen LogP contribution in [-0.2, 0) is 9.47 Å². The second-order valence-electron chi connectivity index (χ2n) is 21.2. The molecule has 14 heteroatoms. The van der Waals surface area contributed by atoms with Crippen LogP contribution in [0.4, 0.5) is 19.3 Å². The molecular weight excluding hydrogens is 857 g/mol. The van der Waals surface area contributed by atoms with Gasteiger partial charge in [0.15, 0.2) is 12.6 Å². The van der Waals surface area contributed by atoms with Crippen LogP contribution in [0.1, 0.15) is 100.0 Å². The lowest BCUT2D eigenvalue weighted by Gasteiger charge is -2.47. The van der Waals surface area contributed by atoms with Gasteiger partial charge in [0.2, 0.25) is 11.8 Å². The van der Waals surface area contributed by atoms with Crippen LogP contribution in [-0.4, -0.2) is 110 Å². The zero-order chi connectivity index (χ0) is 47.0. The van der Waals surface area contributed by atoms with E-state index in [9.17, 15) is 4.79 Å². The van der Waals surface area contributed by atoms with Crippen LogP contribution < -0.4 is 19.1 Å². The summed E-state index contributed by atoms with van der Waals surface area (Å²) in [7, 11) is -0.817. The minimum atomic E-state index is -2.34. The van der Waals surface area contributed by atoms with Crippen molar-refractivity contribution < 1.29 is 37.3 Å². The number of aromatic nitrogens is 2. The van der Waals surface area contributed by atoms with Gasteiger partial charge in [-0.1, -0.05) is 65.7 Å². The summed E-state index contributed by atoms with van der Waals surface area (Å²) in [6.07, 6.45) is 4.05. The number of amides is 1. The van der Waals surface area contributed by atoms with E-state index in [1.807, 2.05) is 31.7 Å². The molecule has 5 aliphatic rings. The first-order chi connectivity index (χ1) is 31.4. The van der Waals surface area contributed by atoms with E-state index in [0.29, 0.717) is 57.4 Å². The molecular formula is C52H65F2N5O6Si. The standard InChI is InChI=1S/C52H65F2N5O6Si/c1-30(2)66(31(3)4,32(5)6)20-17-37-39(53)15-13-34-21-36(64-29-61-11)22-38(44(34)37)47-46(54)48-45-41(23-43(55-48)63-28-52-18-12-19-57(52)25-33(7)24-52)58-26-35-14-16-40(42(58)27-62-49(45)56-47)59(35)50(60)65-51(8,9)10/h13,15,21-23,30-32,35,40,42H,7,12,14,16,18-19,24-29H2,1-6,8-11H3/t35-,40+,42-,52+/m1/s1. The summed E-state index contributed by atoms with van der Waals surface area (Å²) >= 11 is 0. The van der Waals surface area contributed by atoms with Crippen molar-refractivity contribution >= 4 is 41.5 Å². The molecule has 5 aliphatic heterocycles. The predicted octanol–water partition coefficient (Wildman–Crippen LogP) is 10.8. The molecule has 66 heavy (non-hydrogen) atoms. The number of halogens is 2. The number of carbonyl (C=O) groups excluding carboxylic acids is 1. The Kier molecular flexibility index (Phi) is 12.1. The third-order valence-corrected chi connectivity index (χ3v) is 21.3. The lowest BCUT2D eigenvalue weighted by atomic mass is 9.94. The van der Waals surface area contributed by atoms with Gasteiger partial charge in [-0.3, -0.25) is 9.80 Å². The van der Waals surface area contributed by atoms with Crippen molar-refractivity contribution in [2.75, 3.05) is 51.7 Å². The quantitative estimate of drug-likeness (QED) is 0.0662. The Morgan fingerprint density at radius 1 is 1.02 bits per heavy atom. The number of benzene rings is 2. The molecule has 2 aromatic heterocycles. The van der Waals surface area contributed by atoms with Gasteiger partial charge in [0.1, 0.15) is 49.7 Å². The van der Waals surface area contributed by atoms with Crippen LogP contribution in [0.5, 0.6) is 17.5 Å². The maximum Gasteiger partial charge on any atom is 0.410 e. The number of nitrogens with zero attached hydrogens (tertiary/aromatic N) is 5. The predicted molar refractivity (Wildman–Crippen MR) is 257 cm³/mol. The molecule has 0 saturated carbocycles. The van der Waals surface area contributed by atoms with Crippen molar-refractivity contribution in [2.45, 2.75) is 140 Å². The Labute approximate surface area is 389 Å². The molecule has 4 saturated heterocycles. The van der Waals surface area contributed by atoms with E-state index >= 15 is 8.78 Å². The highest BCUT2D eigenvalue weighted by Gasteiger charge is 2.52. The van der Waals surface area contributed by atoms with Crippen LogP contribution in [0.15, 0.2) is 42.5 Å². The van der Waals surface area contributed by atoms with Gasteiger partial charge in [0.05, 0.1) is 40.3 Å². The fourth-order valence-corrected chi connectivity index (χ4v) is 17.5. The zero-order valence-corrected chi connectivity index (χ0v) is 41.3. The Morgan fingerprint density at radius 2 is 1.77 bits per heavy atom. The second-order valence-corrected chi connectivity index (χ2v) is 26.7. The van der Waals surface area contributed by atoms with Crippen molar-refractivity contribution in [3.05, 3.63) is 59.7 Å². The van der Waals surface area contributed by atoms with Crippen LogP contribution >= 0.6 is 0 Å². The summed E-state index contributed by atoms with van der Waals surface area (Å²) in [5, 5.41) is 1.42. The number of anilines is 1. The summed E-state index contributed by atoms with van der Waals surface area (Å²) < 4.78 is 65.5. The van der Waals surface area contributed by atoms with Gasteiger partial charge in [-0.25, -0.2) is 23.5 Å². The largest absolute Gasteiger partial charge is 0.476 e. The molecule has 7 heterocycles. The van der Waals surface area contributed by atoms with E-state index in [4.69, 9.17) is 33.7 Å². The van der Waals surface area contributed by atoms with E-state index in [1.54, 1.807) is 18.2 Å². The van der Waals surface area contributed by atoms with Gasteiger partial charge in [-0.15, -0.1) is 5.54 Å². The highest BCUT2D eigenvalue weighted by Crippen LogP contribution is 2.49. The first-order valence-corrected chi connectivity index (χ1v) is 26.0. The van der Waals surface area contributed by atoms with Crippen LogP contribution in [0, 0.1) is 23.1 Å². The fraction of sp³-hybridized carbons (Fsp3) is 0.558. The maximum atomic E-state index is 18.2. The summed E-state index contributed by atoms with van der Waals surface area (Å²) in [5.41, 5.74) is 5.99. The van der Waals surface area contributed by atoms with Gasteiger partial charge >= 0.3 is 6.09 Å². The van der Waals surface area contributed by atoms with Gasteiger partial charge < -0.3 is 28.6 Å². The van der Waals surface area contributed by atoms with E-state index < -0.39 is 25.3 Å². The third kappa shape index (κ3) is 7.86. The molecule has 0 radical (unpaired) electrons. The average molecular weight is 922 g/mol. The number of pyridine rings is 2. The van der Waals surface area contributed by atoms with Gasteiger partial charge in [0, 0.05) is 37.2 Å².